The molecule has 0 spiro atoms. The number of alkyl halides is 3. The van der Waals surface area contributed by atoms with Crippen LogP contribution in [0.4, 0.5) is 18.9 Å². The minimum Gasteiger partial charge on any atom is -0.507 e. The number of phenolic OH excluding ortho intramolecular Hbond substituents is 1. The molecule has 0 atom stereocenters. The van der Waals surface area contributed by atoms with Crippen molar-refractivity contribution in [1.82, 2.24) is 9.78 Å². The first-order valence-electron chi connectivity index (χ1n) is 8.94. The molecule has 0 unspecified atom stereocenters. The van der Waals surface area contributed by atoms with Crippen molar-refractivity contribution in [2.75, 3.05) is 5.32 Å². The van der Waals surface area contributed by atoms with E-state index in [4.69, 9.17) is 11.6 Å². The Kier molecular flexibility index (Phi) is 5.56. The summed E-state index contributed by atoms with van der Waals surface area (Å²) in [6.07, 6.45) is -4.56. The van der Waals surface area contributed by atoms with Gasteiger partial charge in [0.15, 0.2) is 5.69 Å². The van der Waals surface area contributed by atoms with E-state index in [1.165, 1.54) is 35.0 Å². The lowest BCUT2D eigenvalue weighted by Crippen LogP contribution is -2.17. The van der Waals surface area contributed by atoms with Gasteiger partial charge in [0, 0.05) is 16.1 Å². The highest BCUT2D eigenvalue weighted by atomic mass is 35.5. The standard InChI is InChI=1S/C21H19ClF3N3O2/c1-20(2,3)18-11-17(21(23,24)25)27-28(18)14-7-5-13(6-8-14)26-19(30)15-10-12(22)4-9-16(15)29/h4-11,29H,1-3H3,(H,26,30). The lowest BCUT2D eigenvalue weighted by molar-refractivity contribution is -0.141. The molecule has 158 valence electrons. The molecule has 0 fully saturated rings. The second-order valence-electron chi connectivity index (χ2n) is 7.74. The van der Waals surface area contributed by atoms with Gasteiger partial charge in [0.05, 0.1) is 16.9 Å². The molecule has 9 heteroatoms. The van der Waals surface area contributed by atoms with Crippen LogP contribution in [0.5, 0.6) is 5.75 Å². The summed E-state index contributed by atoms with van der Waals surface area (Å²) in [7, 11) is 0. The van der Waals surface area contributed by atoms with Crippen LogP contribution in [0, 0.1) is 0 Å². The van der Waals surface area contributed by atoms with Gasteiger partial charge in [-0.15, -0.1) is 0 Å². The van der Waals surface area contributed by atoms with Crippen LogP contribution in [0.25, 0.3) is 5.69 Å². The molecule has 1 amide bonds. The van der Waals surface area contributed by atoms with Gasteiger partial charge in [0.1, 0.15) is 5.75 Å². The number of halogens is 4. The summed E-state index contributed by atoms with van der Waals surface area (Å²) in [5.41, 5.74) is -0.337. The second kappa shape index (κ2) is 7.68. The van der Waals surface area contributed by atoms with E-state index < -0.39 is 23.2 Å². The molecule has 0 bridgehead atoms. The number of carbonyl (C=O) groups excluding carboxylic acids is 1. The predicted molar refractivity (Wildman–Crippen MR) is 108 cm³/mol. The topological polar surface area (TPSA) is 67.2 Å². The summed E-state index contributed by atoms with van der Waals surface area (Å²) >= 11 is 5.86. The molecule has 5 nitrogen and oxygen atoms in total. The van der Waals surface area contributed by atoms with E-state index in [2.05, 4.69) is 10.4 Å². The molecule has 3 rings (SSSR count). The van der Waals surface area contributed by atoms with Gasteiger partial charge in [-0.1, -0.05) is 32.4 Å². The fourth-order valence-electron chi connectivity index (χ4n) is 2.83. The highest BCUT2D eigenvalue weighted by molar-refractivity contribution is 6.31. The largest absolute Gasteiger partial charge is 0.507 e. The number of benzene rings is 2. The zero-order valence-electron chi connectivity index (χ0n) is 16.4. The number of amides is 1. The Balaban J connectivity index is 1.90. The number of aromatic nitrogens is 2. The minimum absolute atomic E-state index is 0.00323. The highest BCUT2D eigenvalue weighted by Crippen LogP contribution is 2.34. The number of anilines is 1. The monoisotopic (exact) mass is 437 g/mol. The summed E-state index contributed by atoms with van der Waals surface area (Å²) in [6, 6.07) is 11.3. The van der Waals surface area contributed by atoms with Crippen molar-refractivity contribution < 1.29 is 23.1 Å². The summed E-state index contributed by atoms with van der Waals surface area (Å²) in [4.78, 5) is 12.4. The quantitative estimate of drug-likeness (QED) is 0.544. The lowest BCUT2D eigenvalue weighted by atomic mass is 9.91. The van der Waals surface area contributed by atoms with E-state index in [1.54, 1.807) is 32.9 Å². The molecule has 0 radical (unpaired) electrons. The lowest BCUT2D eigenvalue weighted by Gasteiger charge is -2.20. The van der Waals surface area contributed by atoms with Crippen LogP contribution in [0.3, 0.4) is 0 Å². The van der Waals surface area contributed by atoms with Crippen molar-refractivity contribution in [3.05, 3.63) is 70.5 Å². The Bertz CT molecular complexity index is 1080. The van der Waals surface area contributed by atoms with Crippen LogP contribution in [-0.2, 0) is 11.6 Å². The Labute approximate surface area is 176 Å². The first kappa shape index (κ1) is 21.7. The number of nitrogens with one attached hydrogen (secondary N) is 1. The van der Waals surface area contributed by atoms with Crippen LogP contribution in [0.1, 0.15) is 42.5 Å². The van der Waals surface area contributed by atoms with Crippen molar-refractivity contribution in [1.29, 1.82) is 0 Å². The number of rotatable bonds is 3. The fraction of sp³-hybridized carbons (Fsp3) is 0.238. The predicted octanol–water partition coefficient (Wildman–Crippen LogP) is 5.80. The average Bonchev–Trinajstić information content (AvgIpc) is 3.10. The smallest absolute Gasteiger partial charge is 0.435 e. The molecule has 0 aliphatic rings. The number of phenols is 1. The number of hydrogen-bond acceptors (Lipinski definition) is 3. The third-order valence-electron chi connectivity index (χ3n) is 4.34. The van der Waals surface area contributed by atoms with Crippen molar-refractivity contribution in [3.8, 4) is 11.4 Å². The van der Waals surface area contributed by atoms with Crippen molar-refractivity contribution in [2.45, 2.75) is 32.4 Å². The summed E-state index contributed by atoms with van der Waals surface area (Å²) in [5.74, 6) is -0.795. The van der Waals surface area contributed by atoms with Gasteiger partial charge in [-0.25, -0.2) is 4.68 Å². The molecule has 0 aliphatic heterocycles. The van der Waals surface area contributed by atoms with Gasteiger partial charge >= 0.3 is 6.18 Å². The van der Waals surface area contributed by atoms with E-state index >= 15 is 0 Å². The molecule has 1 aromatic heterocycles. The molecule has 2 aromatic carbocycles. The number of aromatic hydroxyl groups is 1. The summed E-state index contributed by atoms with van der Waals surface area (Å²) in [5, 5.41) is 16.5. The normalized spacial score (nSPS) is 12.1. The number of carbonyl (C=O) groups is 1. The zero-order valence-corrected chi connectivity index (χ0v) is 17.1. The molecule has 1 heterocycles. The van der Waals surface area contributed by atoms with Crippen LogP contribution in [0.15, 0.2) is 48.5 Å². The molecule has 0 saturated heterocycles. The maximum Gasteiger partial charge on any atom is 0.435 e. The van der Waals surface area contributed by atoms with Crippen LogP contribution >= 0.6 is 11.6 Å². The third kappa shape index (κ3) is 4.59. The number of hydrogen-bond donors (Lipinski definition) is 2. The van der Waals surface area contributed by atoms with Crippen LogP contribution in [-0.4, -0.2) is 20.8 Å². The van der Waals surface area contributed by atoms with Crippen LogP contribution in [0.2, 0.25) is 5.02 Å². The highest BCUT2D eigenvalue weighted by Gasteiger charge is 2.36. The van der Waals surface area contributed by atoms with Gasteiger partial charge in [0.25, 0.3) is 5.91 Å². The molecule has 30 heavy (non-hydrogen) atoms. The molecule has 2 N–H and O–H groups in total. The van der Waals surface area contributed by atoms with Crippen molar-refractivity contribution >= 4 is 23.2 Å². The summed E-state index contributed by atoms with van der Waals surface area (Å²) < 4.78 is 40.7. The fourth-order valence-corrected chi connectivity index (χ4v) is 3.00. The van der Waals surface area contributed by atoms with Crippen molar-refractivity contribution in [3.63, 3.8) is 0 Å². The van der Waals surface area contributed by atoms with E-state index in [9.17, 15) is 23.1 Å². The first-order chi connectivity index (χ1) is 13.9. The van der Waals surface area contributed by atoms with E-state index in [1.807, 2.05) is 0 Å². The molecular weight excluding hydrogens is 419 g/mol. The zero-order chi connectivity index (χ0) is 22.3. The minimum atomic E-state index is -4.56. The maximum atomic E-state index is 13.2. The second-order valence-corrected chi connectivity index (χ2v) is 8.17. The van der Waals surface area contributed by atoms with Gasteiger partial charge < -0.3 is 10.4 Å². The van der Waals surface area contributed by atoms with Crippen molar-refractivity contribution in [2.24, 2.45) is 0 Å². The van der Waals surface area contributed by atoms with Gasteiger partial charge in [-0.2, -0.15) is 18.3 Å². The van der Waals surface area contributed by atoms with E-state index in [0.29, 0.717) is 22.1 Å². The SMILES string of the molecule is CC(C)(C)c1cc(C(F)(F)F)nn1-c1ccc(NC(=O)c2cc(Cl)ccc2O)cc1. The Morgan fingerprint density at radius 1 is 1.07 bits per heavy atom. The number of nitrogens with zero attached hydrogens (tertiary/aromatic N) is 2. The average molecular weight is 438 g/mol. The Morgan fingerprint density at radius 2 is 1.70 bits per heavy atom. The first-order valence-corrected chi connectivity index (χ1v) is 9.32. The van der Waals surface area contributed by atoms with E-state index in [0.717, 1.165) is 6.07 Å². The van der Waals surface area contributed by atoms with Gasteiger partial charge in [0.2, 0.25) is 0 Å². The Morgan fingerprint density at radius 3 is 2.27 bits per heavy atom. The molecular formula is C21H19ClF3N3O2. The van der Waals surface area contributed by atoms with E-state index in [-0.39, 0.29) is 11.3 Å². The molecule has 0 saturated carbocycles. The molecule has 0 aliphatic carbocycles. The third-order valence-corrected chi connectivity index (χ3v) is 4.58. The van der Waals surface area contributed by atoms with Crippen LogP contribution < -0.4 is 5.32 Å². The Hall–Kier alpha value is -3.00. The molecule has 3 aromatic rings. The maximum absolute atomic E-state index is 13.2. The van der Waals surface area contributed by atoms with Gasteiger partial charge in [-0.3, -0.25) is 4.79 Å². The summed E-state index contributed by atoms with van der Waals surface area (Å²) in [6.45, 7) is 5.40. The van der Waals surface area contributed by atoms with Gasteiger partial charge in [-0.05, 0) is 48.5 Å².